The molecule has 0 saturated heterocycles. The van der Waals surface area contributed by atoms with Crippen molar-refractivity contribution in [2.75, 3.05) is 17.7 Å². The van der Waals surface area contributed by atoms with Crippen LogP contribution >= 0.6 is 11.3 Å². The molecule has 3 aromatic rings. The van der Waals surface area contributed by atoms with Gasteiger partial charge in [-0.15, -0.1) is 11.3 Å². The van der Waals surface area contributed by atoms with Crippen LogP contribution in [0.5, 0.6) is 5.75 Å². The van der Waals surface area contributed by atoms with Crippen molar-refractivity contribution in [3.05, 3.63) is 71.0 Å². The van der Waals surface area contributed by atoms with E-state index in [1.165, 1.54) is 29.5 Å². The molecule has 0 bridgehead atoms. The van der Waals surface area contributed by atoms with E-state index >= 15 is 0 Å². The van der Waals surface area contributed by atoms with Gasteiger partial charge in [0.2, 0.25) is 5.91 Å². The molecule has 0 saturated carbocycles. The molecule has 0 unspecified atom stereocenters. The van der Waals surface area contributed by atoms with Crippen molar-refractivity contribution in [2.45, 2.75) is 6.42 Å². The first-order chi connectivity index (χ1) is 13.0. The lowest BCUT2D eigenvalue weighted by Crippen LogP contribution is -2.15. The van der Waals surface area contributed by atoms with Crippen LogP contribution < -0.4 is 15.4 Å². The highest BCUT2D eigenvalue weighted by Crippen LogP contribution is 2.19. The Hall–Kier alpha value is -3.26. The SMILES string of the molecule is COc1ccc(C(=O)Nc2nc(CC(=O)Nc3cccc(F)c3)cs2)cc1. The minimum atomic E-state index is -0.426. The molecule has 3 rings (SSSR count). The number of nitrogens with one attached hydrogen (secondary N) is 2. The van der Waals surface area contributed by atoms with Gasteiger partial charge in [-0.05, 0) is 42.5 Å². The fourth-order valence-electron chi connectivity index (χ4n) is 2.29. The molecule has 0 radical (unpaired) electrons. The molecule has 138 valence electrons. The zero-order valence-corrected chi connectivity index (χ0v) is 15.2. The van der Waals surface area contributed by atoms with E-state index in [0.29, 0.717) is 27.8 Å². The summed E-state index contributed by atoms with van der Waals surface area (Å²) in [6.45, 7) is 0. The molecule has 1 heterocycles. The van der Waals surface area contributed by atoms with E-state index in [1.54, 1.807) is 42.8 Å². The summed E-state index contributed by atoms with van der Waals surface area (Å²) in [7, 11) is 1.55. The Balaban J connectivity index is 1.57. The van der Waals surface area contributed by atoms with Crippen molar-refractivity contribution in [3.63, 3.8) is 0 Å². The summed E-state index contributed by atoms with van der Waals surface area (Å²) in [4.78, 5) is 28.5. The molecule has 6 nitrogen and oxygen atoms in total. The molecule has 0 aliphatic carbocycles. The topological polar surface area (TPSA) is 80.3 Å². The lowest BCUT2D eigenvalue weighted by molar-refractivity contribution is -0.115. The number of methoxy groups -OCH3 is 1. The number of thiazole rings is 1. The highest BCUT2D eigenvalue weighted by molar-refractivity contribution is 7.14. The van der Waals surface area contributed by atoms with E-state index in [2.05, 4.69) is 15.6 Å². The van der Waals surface area contributed by atoms with Gasteiger partial charge in [-0.2, -0.15) is 0 Å². The van der Waals surface area contributed by atoms with Crippen LogP contribution in [0.2, 0.25) is 0 Å². The Labute approximate surface area is 159 Å². The Morgan fingerprint density at radius 2 is 1.93 bits per heavy atom. The number of rotatable bonds is 6. The van der Waals surface area contributed by atoms with E-state index in [0.717, 1.165) is 0 Å². The number of carbonyl (C=O) groups is 2. The molecule has 27 heavy (non-hydrogen) atoms. The predicted octanol–water partition coefficient (Wildman–Crippen LogP) is 3.72. The van der Waals surface area contributed by atoms with Crippen molar-refractivity contribution < 1.29 is 18.7 Å². The van der Waals surface area contributed by atoms with Gasteiger partial charge in [-0.1, -0.05) is 6.07 Å². The van der Waals surface area contributed by atoms with Gasteiger partial charge in [0.05, 0.1) is 19.2 Å². The number of ether oxygens (including phenoxy) is 1. The third kappa shape index (κ3) is 5.11. The fraction of sp³-hybridized carbons (Fsp3) is 0.105. The van der Waals surface area contributed by atoms with Crippen LogP contribution in [-0.4, -0.2) is 23.9 Å². The van der Waals surface area contributed by atoms with Crippen LogP contribution in [0, 0.1) is 5.82 Å². The third-order valence-electron chi connectivity index (χ3n) is 3.57. The summed E-state index contributed by atoms with van der Waals surface area (Å²) in [5, 5.41) is 7.38. The first-order valence-electron chi connectivity index (χ1n) is 7.99. The zero-order valence-electron chi connectivity index (χ0n) is 14.4. The normalized spacial score (nSPS) is 10.3. The Bertz CT molecular complexity index is 957. The van der Waals surface area contributed by atoms with Crippen molar-refractivity contribution in [1.29, 1.82) is 0 Å². The maximum atomic E-state index is 13.1. The predicted molar refractivity (Wildman–Crippen MR) is 102 cm³/mol. The van der Waals surface area contributed by atoms with Crippen LogP contribution in [0.15, 0.2) is 53.9 Å². The minimum Gasteiger partial charge on any atom is -0.497 e. The molecular weight excluding hydrogens is 369 g/mol. The number of aromatic nitrogens is 1. The number of anilines is 2. The Morgan fingerprint density at radius 1 is 1.15 bits per heavy atom. The maximum Gasteiger partial charge on any atom is 0.257 e. The van der Waals surface area contributed by atoms with Crippen molar-refractivity contribution in [1.82, 2.24) is 4.98 Å². The second-order valence-corrected chi connectivity index (χ2v) is 6.42. The summed E-state index contributed by atoms with van der Waals surface area (Å²) >= 11 is 1.22. The van der Waals surface area contributed by atoms with Gasteiger partial charge in [0.15, 0.2) is 5.13 Å². The standard InChI is InChI=1S/C19H16FN3O3S/c1-26-16-7-5-12(6-8-16)18(25)23-19-22-15(11-27-19)10-17(24)21-14-4-2-3-13(20)9-14/h2-9,11H,10H2,1H3,(H,21,24)(H,22,23,25). The second kappa shape index (κ2) is 8.41. The first kappa shape index (κ1) is 18.5. The van der Waals surface area contributed by atoms with Crippen molar-refractivity contribution in [2.24, 2.45) is 0 Å². The highest BCUT2D eigenvalue weighted by Gasteiger charge is 2.12. The molecule has 8 heteroatoms. The van der Waals surface area contributed by atoms with Crippen molar-refractivity contribution >= 4 is 34.0 Å². The number of halogens is 1. The van der Waals surface area contributed by atoms with Gasteiger partial charge in [0.25, 0.3) is 5.91 Å². The monoisotopic (exact) mass is 385 g/mol. The van der Waals surface area contributed by atoms with Gasteiger partial charge in [0, 0.05) is 16.6 Å². The van der Waals surface area contributed by atoms with Crippen LogP contribution in [-0.2, 0) is 11.2 Å². The molecule has 0 aliphatic rings. The van der Waals surface area contributed by atoms with E-state index in [9.17, 15) is 14.0 Å². The van der Waals surface area contributed by atoms with Crippen LogP contribution in [0.4, 0.5) is 15.2 Å². The molecule has 1 aromatic heterocycles. The average molecular weight is 385 g/mol. The minimum absolute atomic E-state index is 0.0193. The quantitative estimate of drug-likeness (QED) is 0.678. The average Bonchev–Trinajstić information content (AvgIpc) is 3.08. The third-order valence-corrected chi connectivity index (χ3v) is 4.38. The first-order valence-corrected chi connectivity index (χ1v) is 8.86. The summed E-state index contributed by atoms with van der Waals surface area (Å²) in [6.07, 6.45) is 0.0193. The number of hydrogen-bond acceptors (Lipinski definition) is 5. The van der Waals surface area contributed by atoms with E-state index < -0.39 is 5.82 Å². The fourth-order valence-corrected chi connectivity index (χ4v) is 3.00. The van der Waals surface area contributed by atoms with E-state index in [1.807, 2.05) is 0 Å². The number of hydrogen-bond donors (Lipinski definition) is 2. The zero-order chi connectivity index (χ0) is 19.2. The molecule has 0 atom stereocenters. The lowest BCUT2D eigenvalue weighted by atomic mass is 10.2. The van der Waals surface area contributed by atoms with Crippen molar-refractivity contribution in [3.8, 4) is 5.75 Å². The molecule has 2 N–H and O–H groups in total. The van der Waals surface area contributed by atoms with Crippen LogP contribution in [0.1, 0.15) is 16.1 Å². The molecule has 2 amide bonds. The lowest BCUT2D eigenvalue weighted by Gasteiger charge is -2.04. The van der Waals surface area contributed by atoms with E-state index in [4.69, 9.17) is 4.74 Å². The van der Waals surface area contributed by atoms with Gasteiger partial charge in [0.1, 0.15) is 11.6 Å². The van der Waals surface area contributed by atoms with Crippen LogP contribution in [0.25, 0.3) is 0 Å². The number of amides is 2. The maximum absolute atomic E-state index is 13.1. The highest BCUT2D eigenvalue weighted by atomic mass is 32.1. The Kier molecular flexibility index (Phi) is 5.77. The molecular formula is C19H16FN3O3S. The molecule has 0 aliphatic heterocycles. The second-order valence-electron chi connectivity index (χ2n) is 5.56. The number of benzene rings is 2. The van der Waals surface area contributed by atoms with Gasteiger partial charge in [-0.25, -0.2) is 9.37 Å². The van der Waals surface area contributed by atoms with Gasteiger partial charge < -0.3 is 10.1 Å². The van der Waals surface area contributed by atoms with Gasteiger partial charge >= 0.3 is 0 Å². The summed E-state index contributed by atoms with van der Waals surface area (Å²) in [5.41, 5.74) is 1.36. The number of nitrogens with zero attached hydrogens (tertiary/aromatic N) is 1. The summed E-state index contributed by atoms with van der Waals surface area (Å²) < 4.78 is 18.2. The molecule has 0 fully saturated rings. The smallest absolute Gasteiger partial charge is 0.257 e. The molecule has 0 spiro atoms. The largest absolute Gasteiger partial charge is 0.497 e. The Morgan fingerprint density at radius 3 is 2.63 bits per heavy atom. The van der Waals surface area contributed by atoms with Gasteiger partial charge in [-0.3, -0.25) is 14.9 Å². The summed E-state index contributed by atoms with van der Waals surface area (Å²) in [6, 6.07) is 12.3. The molecule has 2 aromatic carbocycles. The number of carbonyl (C=O) groups excluding carboxylic acids is 2. The van der Waals surface area contributed by atoms with E-state index in [-0.39, 0.29) is 18.2 Å². The summed E-state index contributed by atoms with van der Waals surface area (Å²) in [5.74, 6) is -0.390. The van der Waals surface area contributed by atoms with Crippen LogP contribution in [0.3, 0.4) is 0 Å².